The summed E-state index contributed by atoms with van der Waals surface area (Å²) in [5.74, 6) is -0.754. The average molecular weight is 393 g/mol. The number of aromatic nitrogens is 2. The van der Waals surface area contributed by atoms with Gasteiger partial charge in [-0.1, -0.05) is 0 Å². The predicted molar refractivity (Wildman–Crippen MR) is 104 cm³/mol. The molecule has 0 aromatic carbocycles. The Balaban J connectivity index is 1.78. The molecule has 0 radical (unpaired) electrons. The van der Waals surface area contributed by atoms with Crippen LogP contribution in [0.5, 0.6) is 0 Å². The van der Waals surface area contributed by atoms with E-state index in [1.807, 2.05) is 0 Å². The van der Waals surface area contributed by atoms with E-state index in [0.29, 0.717) is 17.2 Å². The SMILES string of the molecule is CCOC(=O)c1c(NC(=S)NC(=O)c2ccn(C)n2)sc2c1CCCC2. The Labute approximate surface area is 160 Å². The molecule has 2 aromatic heterocycles. The summed E-state index contributed by atoms with van der Waals surface area (Å²) >= 11 is 6.75. The number of thiophene rings is 1. The molecule has 9 heteroatoms. The Morgan fingerprint density at radius 3 is 2.85 bits per heavy atom. The molecule has 1 aliphatic carbocycles. The van der Waals surface area contributed by atoms with Crippen molar-refractivity contribution in [2.24, 2.45) is 7.05 Å². The largest absolute Gasteiger partial charge is 0.462 e. The van der Waals surface area contributed by atoms with E-state index in [4.69, 9.17) is 17.0 Å². The van der Waals surface area contributed by atoms with Gasteiger partial charge in [0.2, 0.25) is 0 Å². The van der Waals surface area contributed by atoms with Crippen LogP contribution in [0, 0.1) is 0 Å². The summed E-state index contributed by atoms with van der Waals surface area (Å²) in [6.07, 6.45) is 5.64. The van der Waals surface area contributed by atoms with Crippen molar-refractivity contribution in [2.45, 2.75) is 32.6 Å². The van der Waals surface area contributed by atoms with E-state index in [1.54, 1.807) is 26.2 Å². The maximum absolute atomic E-state index is 12.4. The normalized spacial score (nSPS) is 13.0. The quantitative estimate of drug-likeness (QED) is 0.615. The van der Waals surface area contributed by atoms with Crippen LogP contribution in [0.4, 0.5) is 5.00 Å². The van der Waals surface area contributed by atoms with Gasteiger partial charge in [-0.05, 0) is 56.5 Å². The molecule has 2 heterocycles. The van der Waals surface area contributed by atoms with E-state index in [0.717, 1.165) is 31.2 Å². The van der Waals surface area contributed by atoms with E-state index in [-0.39, 0.29) is 16.8 Å². The number of anilines is 1. The standard InChI is InChI=1S/C17H20N4O3S2/c1-3-24-16(23)13-10-6-4-5-7-12(10)26-15(13)19-17(25)18-14(22)11-8-9-21(2)20-11/h8-9H,3-7H2,1-2H3,(H2,18,19,22,25). The number of amides is 1. The van der Waals surface area contributed by atoms with Crippen molar-refractivity contribution in [3.05, 3.63) is 34.0 Å². The number of esters is 1. The summed E-state index contributed by atoms with van der Waals surface area (Å²) in [7, 11) is 1.73. The molecule has 138 valence electrons. The van der Waals surface area contributed by atoms with Gasteiger partial charge in [0.25, 0.3) is 5.91 Å². The number of thiocarbonyl (C=S) groups is 1. The minimum Gasteiger partial charge on any atom is -0.462 e. The van der Waals surface area contributed by atoms with Crippen molar-refractivity contribution in [3.63, 3.8) is 0 Å². The molecule has 0 saturated heterocycles. The van der Waals surface area contributed by atoms with Gasteiger partial charge in [-0.2, -0.15) is 5.10 Å². The molecule has 3 rings (SSSR count). The fraction of sp³-hybridized carbons (Fsp3) is 0.412. The van der Waals surface area contributed by atoms with Crippen molar-refractivity contribution in [1.82, 2.24) is 15.1 Å². The third-order valence-corrected chi connectivity index (χ3v) is 5.46. The van der Waals surface area contributed by atoms with Gasteiger partial charge in [0.1, 0.15) is 5.00 Å². The third kappa shape index (κ3) is 3.94. The third-order valence-electron chi connectivity index (χ3n) is 4.05. The number of carbonyl (C=O) groups excluding carboxylic acids is 2. The molecule has 0 unspecified atom stereocenters. The Morgan fingerprint density at radius 1 is 1.38 bits per heavy atom. The summed E-state index contributed by atoms with van der Waals surface area (Å²) in [5.41, 5.74) is 1.86. The molecule has 0 aliphatic heterocycles. The second kappa shape index (κ2) is 7.96. The first kappa shape index (κ1) is 18.5. The molecule has 1 aliphatic rings. The Morgan fingerprint density at radius 2 is 2.15 bits per heavy atom. The number of carbonyl (C=O) groups is 2. The summed E-state index contributed by atoms with van der Waals surface area (Å²) < 4.78 is 6.75. The van der Waals surface area contributed by atoms with Crippen LogP contribution in [0.25, 0.3) is 0 Å². The lowest BCUT2D eigenvalue weighted by Gasteiger charge is -2.12. The highest BCUT2D eigenvalue weighted by atomic mass is 32.1. The summed E-state index contributed by atoms with van der Waals surface area (Å²) in [5, 5.41) is 10.4. The van der Waals surface area contributed by atoms with Gasteiger partial charge in [0, 0.05) is 18.1 Å². The van der Waals surface area contributed by atoms with Crippen LogP contribution in [0.3, 0.4) is 0 Å². The number of fused-ring (bicyclic) bond motifs is 1. The minimum absolute atomic E-state index is 0.129. The van der Waals surface area contributed by atoms with Crippen LogP contribution < -0.4 is 10.6 Å². The number of nitrogens with zero attached hydrogens (tertiary/aromatic N) is 2. The number of aryl methyl sites for hydroxylation is 2. The summed E-state index contributed by atoms with van der Waals surface area (Å²) in [6, 6.07) is 1.60. The Bertz CT molecular complexity index is 856. The minimum atomic E-state index is -0.401. The summed E-state index contributed by atoms with van der Waals surface area (Å²) in [4.78, 5) is 25.8. The number of hydrogen-bond acceptors (Lipinski definition) is 6. The first-order valence-corrected chi connectivity index (χ1v) is 9.65. The van der Waals surface area contributed by atoms with Crippen molar-refractivity contribution < 1.29 is 14.3 Å². The van der Waals surface area contributed by atoms with E-state index in [2.05, 4.69) is 15.7 Å². The predicted octanol–water partition coefficient (Wildman–Crippen LogP) is 2.66. The highest BCUT2D eigenvalue weighted by molar-refractivity contribution is 7.80. The van der Waals surface area contributed by atoms with E-state index in [9.17, 15) is 9.59 Å². The zero-order valence-corrected chi connectivity index (χ0v) is 16.3. The fourth-order valence-corrected chi connectivity index (χ4v) is 4.45. The molecule has 0 saturated carbocycles. The van der Waals surface area contributed by atoms with E-state index >= 15 is 0 Å². The highest BCUT2D eigenvalue weighted by Gasteiger charge is 2.27. The van der Waals surface area contributed by atoms with Crippen LogP contribution in [0.1, 0.15) is 51.1 Å². The van der Waals surface area contributed by atoms with Gasteiger partial charge < -0.3 is 10.1 Å². The lowest BCUT2D eigenvalue weighted by molar-refractivity contribution is 0.0526. The van der Waals surface area contributed by atoms with Crippen molar-refractivity contribution >= 4 is 45.5 Å². The van der Waals surface area contributed by atoms with E-state index < -0.39 is 5.91 Å². The molecule has 7 nitrogen and oxygen atoms in total. The lowest BCUT2D eigenvalue weighted by Crippen LogP contribution is -2.34. The van der Waals surface area contributed by atoms with Crippen molar-refractivity contribution in [1.29, 1.82) is 0 Å². The molecule has 26 heavy (non-hydrogen) atoms. The second-order valence-corrected chi connectivity index (χ2v) is 7.43. The van der Waals surface area contributed by atoms with Gasteiger partial charge in [-0.15, -0.1) is 11.3 Å². The van der Waals surface area contributed by atoms with Crippen molar-refractivity contribution in [3.8, 4) is 0 Å². The fourth-order valence-electron chi connectivity index (χ4n) is 2.91. The maximum atomic E-state index is 12.4. The first-order valence-electron chi connectivity index (χ1n) is 8.43. The number of ether oxygens (including phenoxy) is 1. The van der Waals surface area contributed by atoms with Crippen LogP contribution in [0.2, 0.25) is 0 Å². The van der Waals surface area contributed by atoms with E-state index in [1.165, 1.54) is 20.9 Å². The van der Waals surface area contributed by atoms with Crippen molar-refractivity contribution in [2.75, 3.05) is 11.9 Å². The zero-order valence-electron chi connectivity index (χ0n) is 14.6. The molecular weight excluding hydrogens is 372 g/mol. The lowest BCUT2D eigenvalue weighted by atomic mass is 9.95. The smallest absolute Gasteiger partial charge is 0.341 e. The monoisotopic (exact) mass is 392 g/mol. The van der Waals surface area contributed by atoms with Gasteiger partial charge in [-0.3, -0.25) is 14.8 Å². The zero-order chi connectivity index (χ0) is 18.7. The van der Waals surface area contributed by atoms with Crippen LogP contribution in [0.15, 0.2) is 12.3 Å². The van der Waals surface area contributed by atoms with Crippen LogP contribution in [-0.2, 0) is 24.6 Å². The number of hydrogen-bond donors (Lipinski definition) is 2. The van der Waals surface area contributed by atoms with Gasteiger partial charge in [-0.25, -0.2) is 4.79 Å². The van der Waals surface area contributed by atoms with Crippen LogP contribution in [-0.4, -0.2) is 33.4 Å². The number of rotatable bonds is 4. The first-order chi connectivity index (χ1) is 12.5. The molecule has 0 atom stereocenters. The maximum Gasteiger partial charge on any atom is 0.341 e. The van der Waals surface area contributed by atoms with Gasteiger partial charge >= 0.3 is 5.97 Å². The second-order valence-electron chi connectivity index (χ2n) is 5.92. The molecule has 0 spiro atoms. The molecule has 0 fully saturated rings. The Kier molecular flexibility index (Phi) is 5.67. The molecule has 2 aromatic rings. The van der Waals surface area contributed by atoms with Gasteiger partial charge in [0.05, 0.1) is 12.2 Å². The summed E-state index contributed by atoms with van der Waals surface area (Å²) in [6.45, 7) is 2.09. The highest BCUT2D eigenvalue weighted by Crippen LogP contribution is 2.38. The average Bonchev–Trinajstić information content (AvgIpc) is 3.18. The van der Waals surface area contributed by atoms with Crippen LogP contribution >= 0.6 is 23.6 Å². The topological polar surface area (TPSA) is 85.3 Å². The molecule has 0 bridgehead atoms. The number of nitrogens with one attached hydrogen (secondary N) is 2. The van der Waals surface area contributed by atoms with Gasteiger partial charge in [0.15, 0.2) is 10.8 Å². The molecule has 1 amide bonds. The molecular formula is C17H20N4O3S2. The molecule has 2 N–H and O–H groups in total. The Hall–Kier alpha value is -2.26.